The number of fused-ring (bicyclic) bond motifs is 1. The number of rotatable bonds is 2. The van der Waals surface area contributed by atoms with Crippen molar-refractivity contribution in [1.82, 2.24) is 14.9 Å². The molecule has 0 bridgehead atoms. The monoisotopic (exact) mass is 272 g/mol. The number of pyridine rings is 1. The highest BCUT2D eigenvalue weighted by atomic mass is 15.2. The first-order valence-corrected chi connectivity index (χ1v) is 7.43. The number of anilines is 1. The summed E-state index contributed by atoms with van der Waals surface area (Å²) in [5.74, 6) is 0.717. The maximum absolute atomic E-state index is 4.54. The zero-order valence-electron chi connectivity index (χ0n) is 12.8. The van der Waals surface area contributed by atoms with Gasteiger partial charge in [0.15, 0.2) is 0 Å². The van der Waals surface area contributed by atoms with E-state index in [9.17, 15) is 0 Å². The first-order chi connectivity index (χ1) is 9.60. The van der Waals surface area contributed by atoms with E-state index in [4.69, 9.17) is 0 Å². The molecule has 0 unspecified atom stereocenters. The standard InChI is InChI=1S/C16H24N4/c1-11-7-13(17-3)10-20(9-11)15-5-6-18-16-14(15)8-12(2)19(16)4/h5-6,8,11,13,17H,7,9-10H2,1-4H3/t11-,13+/m0/s1. The molecule has 2 aromatic rings. The van der Waals surface area contributed by atoms with Gasteiger partial charge < -0.3 is 14.8 Å². The molecule has 3 heterocycles. The van der Waals surface area contributed by atoms with Gasteiger partial charge in [-0.1, -0.05) is 6.92 Å². The third kappa shape index (κ3) is 2.18. The van der Waals surface area contributed by atoms with Crippen LogP contribution in [0.25, 0.3) is 11.0 Å². The molecule has 1 N–H and O–H groups in total. The van der Waals surface area contributed by atoms with Crippen molar-refractivity contribution < 1.29 is 0 Å². The molecule has 0 radical (unpaired) electrons. The number of hydrogen-bond donors (Lipinski definition) is 1. The van der Waals surface area contributed by atoms with Crippen molar-refractivity contribution in [3.8, 4) is 0 Å². The van der Waals surface area contributed by atoms with Crippen molar-refractivity contribution in [2.24, 2.45) is 13.0 Å². The number of hydrogen-bond acceptors (Lipinski definition) is 3. The number of piperidine rings is 1. The molecule has 0 aromatic carbocycles. The third-order valence-corrected chi connectivity index (χ3v) is 4.55. The fourth-order valence-corrected chi connectivity index (χ4v) is 3.36. The zero-order valence-corrected chi connectivity index (χ0v) is 12.8. The van der Waals surface area contributed by atoms with Crippen LogP contribution in [-0.2, 0) is 7.05 Å². The van der Waals surface area contributed by atoms with Gasteiger partial charge in [0.1, 0.15) is 5.65 Å². The summed E-state index contributed by atoms with van der Waals surface area (Å²) in [5, 5.41) is 4.71. The van der Waals surface area contributed by atoms with E-state index in [-0.39, 0.29) is 0 Å². The summed E-state index contributed by atoms with van der Waals surface area (Å²) in [4.78, 5) is 7.05. The van der Waals surface area contributed by atoms with E-state index in [0.29, 0.717) is 12.0 Å². The van der Waals surface area contributed by atoms with Crippen molar-refractivity contribution >= 4 is 16.7 Å². The number of aromatic nitrogens is 2. The average Bonchev–Trinajstić information content (AvgIpc) is 2.73. The van der Waals surface area contributed by atoms with Gasteiger partial charge in [-0.15, -0.1) is 0 Å². The molecule has 0 spiro atoms. The van der Waals surface area contributed by atoms with E-state index in [1.807, 2.05) is 6.20 Å². The Bertz CT molecular complexity index is 616. The summed E-state index contributed by atoms with van der Waals surface area (Å²) < 4.78 is 2.17. The van der Waals surface area contributed by atoms with Gasteiger partial charge in [-0.2, -0.15) is 0 Å². The fourth-order valence-electron chi connectivity index (χ4n) is 3.36. The normalized spacial score (nSPS) is 23.5. The summed E-state index contributed by atoms with van der Waals surface area (Å²) in [7, 11) is 4.15. The summed E-state index contributed by atoms with van der Waals surface area (Å²) in [6.45, 7) is 6.69. The molecule has 1 aliphatic rings. The predicted molar refractivity (Wildman–Crippen MR) is 84.3 cm³/mol. The van der Waals surface area contributed by atoms with Crippen LogP contribution in [-0.4, -0.2) is 35.7 Å². The zero-order chi connectivity index (χ0) is 14.3. The van der Waals surface area contributed by atoms with Gasteiger partial charge in [0.25, 0.3) is 0 Å². The lowest BCUT2D eigenvalue weighted by Gasteiger charge is -2.38. The fraction of sp³-hybridized carbons (Fsp3) is 0.562. The van der Waals surface area contributed by atoms with Gasteiger partial charge in [0.2, 0.25) is 0 Å². The van der Waals surface area contributed by atoms with Crippen LogP contribution in [0.2, 0.25) is 0 Å². The van der Waals surface area contributed by atoms with Crippen LogP contribution in [0.15, 0.2) is 18.3 Å². The van der Waals surface area contributed by atoms with E-state index < -0.39 is 0 Å². The Kier molecular flexibility index (Phi) is 3.42. The highest BCUT2D eigenvalue weighted by molar-refractivity contribution is 5.91. The lowest BCUT2D eigenvalue weighted by atomic mass is 9.95. The molecule has 2 aromatic heterocycles. The Labute approximate surface area is 120 Å². The van der Waals surface area contributed by atoms with Gasteiger partial charge in [-0.05, 0) is 38.4 Å². The summed E-state index contributed by atoms with van der Waals surface area (Å²) in [5.41, 5.74) is 3.67. The lowest BCUT2D eigenvalue weighted by molar-refractivity contribution is 0.367. The summed E-state index contributed by atoms with van der Waals surface area (Å²) in [6, 6.07) is 4.99. The SMILES string of the molecule is CN[C@@H]1C[C@H](C)CN(c2ccnc3c2cc(C)n3C)C1. The Morgan fingerprint density at radius 1 is 1.35 bits per heavy atom. The van der Waals surface area contributed by atoms with Gasteiger partial charge in [0.05, 0.1) is 0 Å². The second-order valence-corrected chi connectivity index (χ2v) is 6.14. The minimum Gasteiger partial charge on any atom is -0.369 e. The minimum absolute atomic E-state index is 0.576. The van der Waals surface area contributed by atoms with Crippen molar-refractivity contribution in [3.63, 3.8) is 0 Å². The maximum Gasteiger partial charge on any atom is 0.141 e. The van der Waals surface area contributed by atoms with Crippen LogP contribution < -0.4 is 10.2 Å². The predicted octanol–water partition coefficient (Wildman–Crippen LogP) is 2.32. The van der Waals surface area contributed by atoms with E-state index in [1.54, 1.807) is 0 Å². The smallest absolute Gasteiger partial charge is 0.141 e. The van der Waals surface area contributed by atoms with Crippen molar-refractivity contribution in [3.05, 3.63) is 24.0 Å². The van der Waals surface area contributed by atoms with E-state index in [0.717, 1.165) is 18.7 Å². The quantitative estimate of drug-likeness (QED) is 0.911. The number of aryl methyl sites for hydroxylation is 2. The van der Waals surface area contributed by atoms with E-state index in [1.165, 1.54) is 23.2 Å². The van der Waals surface area contributed by atoms with Crippen LogP contribution in [0.3, 0.4) is 0 Å². The molecule has 20 heavy (non-hydrogen) atoms. The number of nitrogens with zero attached hydrogens (tertiary/aromatic N) is 3. The molecule has 0 amide bonds. The molecule has 4 nitrogen and oxygen atoms in total. The van der Waals surface area contributed by atoms with E-state index in [2.05, 4.69) is 59.8 Å². The first-order valence-electron chi connectivity index (χ1n) is 7.43. The van der Waals surface area contributed by atoms with Gasteiger partial charge >= 0.3 is 0 Å². The molecule has 3 rings (SSSR count). The Hall–Kier alpha value is -1.55. The molecule has 4 heteroatoms. The van der Waals surface area contributed by atoms with Gasteiger partial charge in [0, 0.05) is 49.1 Å². The van der Waals surface area contributed by atoms with Crippen LogP contribution in [0.1, 0.15) is 19.0 Å². The molecular formula is C16H24N4. The number of likely N-dealkylation sites (N-methyl/N-ethyl adjacent to an activating group) is 1. The summed E-state index contributed by atoms with van der Waals surface area (Å²) >= 11 is 0. The second-order valence-electron chi connectivity index (χ2n) is 6.14. The minimum atomic E-state index is 0.576. The van der Waals surface area contributed by atoms with Crippen molar-refractivity contribution in [2.45, 2.75) is 26.3 Å². The Balaban J connectivity index is 2.03. The molecular weight excluding hydrogens is 248 g/mol. The van der Waals surface area contributed by atoms with Crippen LogP contribution >= 0.6 is 0 Å². The molecule has 0 aliphatic carbocycles. The van der Waals surface area contributed by atoms with Gasteiger partial charge in [-0.25, -0.2) is 4.98 Å². The number of nitrogens with one attached hydrogen (secondary N) is 1. The van der Waals surface area contributed by atoms with Crippen LogP contribution in [0.5, 0.6) is 0 Å². The maximum atomic E-state index is 4.54. The molecule has 108 valence electrons. The second kappa shape index (κ2) is 5.09. The summed E-state index contributed by atoms with van der Waals surface area (Å²) in [6.07, 6.45) is 3.19. The lowest BCUT2D eigenvalue weighted by Crippen LogP contribution is -2.47. The highest BCUT2D eigenvalue weighted by Crippen LogP contribution is 2.30. The van der Waals surface area contributed by atoms with Crippen LogP contribution in [0, 0.1) is 12.8 Å². The molecule has 1 saturated heterocycles. The van der Waals surface area contributed by atoms with Crippen LogP contribution in [0.4, 0.5) is 5.69 Å². The molecule has 1 fully saturated rings. The molecule has 1 aliphatic heterocycles. The topological polar surface area (TPSA) is 33.1 Å². The van der Waals surface area contributed by atoms with E-state index >= 15 is 0 Å². The third-order valence-electron chi connectivity index (χ3n) is 4.55. The largest absolute Gasteiger partial charge is 0.369 e. The molecule has 0 saturated carbocycles. The first kappa shape index (κ1) is 13.4. The molecule has 2 atom stereocenters. The Morgan fingerprint density at radius 3 is 2.90 bits per heavy atom. The van der Waals surface area contributed by atoms with Gasteiger partial charge in [-0.3, -0.25) is 0 Å². The van der Waals surface area contributed by atoms with Crippen molar-refractivity contribution in [2.75, 3.05) is 25.0 Å². The van der Waals surface area contributed by atoms with Crippen molar-refractivity contribution in [1.29, 1.82) is 0 Å². The highest BCUT2D eigenvalue weighted by Gasteiger charge is 2.25. The Morgan fingerprint density at radius 2 is 2.15 bits per heavy atom. The average molecular weight is 272 g/mol.